The molecule has 27 heavy (non-hydrogen) atoms. The second-order valence-corrected chi connectivity index (χ2v) is 6.23. The van der Waals surface area contributed by atoms with Crippen LogP contribution in [0.15, 0.2) is 66.7 Å². The molecule has 1 unspecified atom stereocenters. The number of carbonyl (C=O) groups excluding carboxylic acids is 2. The summed E-state index contributed by atoms with van der Waals surface area (Å²) in [5.41, 5.74) is 2.01. The summed E-state index contributed by atoms with van der Waals surface area (Å²) in [5, 5.41) is 7.90. The molecular weight excluding hydrogens is 340 g/mol. The van der Waals surface area contributed by atoms with Crippen LogP contribution in [0.5, 0.6) is 0 Å². The number of rotatable bonds is 5. The van der Waals surface area contributed by atoms with Gasteiger partial charge in [-0.05, 0) is 54.4 Å². The predicted molar refractivity (Wildman–Crippen MR) is 107 cm³/mol. The third-order valence-corrected chi connectivity index (χ3v) is 4.27. The van der Waals surface area contributed by atoms with E-state index in [9.17, 15) is 9.59 Å². The van der Waals surface area contributed by atoms with Gasteiger partial charge >= 0.3 is 6.09 Å². The molecule has 0 aromatic heterocycles. The van der Waals surface area contributed by atoms with Gasteiger partial charge in [-0.25, -0.2) is 4.79 Å². The molecule has 3 aromatic carbocycles. The molecule has 0 bridgehead atoms. The summed E-state index contributed by atoms with van der Waals surface area (Å²) in [6, 6.07) is 20.9. The maximum absolute atomic E-state index is 12.6. The van der Waals surface area contributed by atoms with Crippen molar-refractivity contribution in [2.75, 3.05) is 11.9 Å². The molecule has 2 amide bonds. The van der Waals surface area contributed by atoms with Crippen LogP contribution in [0.3, 0.4) is 0 Å². The van der Waals surface area contributed by atoms with Crippen LogP contribution in [0.1, 0.15) is 35.8 Å². The summed E-state index contributed by atoms with van der Waals surface area (Å²) in [6.45, 7) is 3.97. The van der Waals surface area contributed by atoms with Crippen molar-refractivity contribution in [3.05, 3.63) is 77.9 Å². The number of hydrogen-bond donors (Lipinski definition) is 2. The van der Waals surface area contributed by atoms with Gasteiger partial charge in [-0.3, -0.25) is 10.1 Å². The summed E-state index contributed by atoms with van der Waals surface area (Å²) >= 11 is 0. The Labute approximate surface area is 158 Å². The molecule has 3 aromatic rings. The first-order chi connectivity index (χ1) is 13.1. The Morgan fingerprint density at radius 3 is 2.52 bits per heavy atom. The van der Waals surface area contributed by atoms with Crippen molar-refractivity contribution >= 4 is 28.5 Å². The van der Waals surface area contributed by atoms with Gasteiger partial charge < -0.3 is 10.1 Å². The highest BCUT2D eigenvalue weighted by Crippen LogP contribution is 2.21. The van der Waals surface area contributed by atoms with Crippen LogP contribution < -0.4 is 10.6 Å². The molecule has 0 aliphatic carbocycles. The number of nitrogens with one attached hydrogen (secondary N) is 2. The van der Waals surface area contributed by atoms with E-state index >= 15 is 0 Å². The summed E-state index contributed by atoms with van der Waals surface area (Å²) < 4.78 is 4.85. The number of fused-ring (bicyclic) bond motifs is 1. The van der Waals surface area contributed by atoms with Gasteiger partial charge in [-0.15, -0.1) is 0 Å². The van der Waals surface area contributed by atoms with Crippen molar-refractivity contribution in [2.45, 2.75) is 19.9 Å². The molecule has 2 N–H and O–H groups in total. The Kier molecular flexibility index (Phi) is 5.71. The number of amides is 2. The minimum absolute atomic E-state index is 0.149. The maximum atomic E-state index is 12.6. The van der Waals surface area contributed by atoms with Crippen LogP contribution in [0, 0.1) is 0 Å². The SMILES string of the molecule is CCOC(=O)Nc1cccc(C(=O)NC(C)c2ccc3ccccc3c2)c1. The van der Waals surface area contributed by atoms with Gasteiger partial charge in [0.1, 0.15) is 0 Å². The van der Waals surface area contributed by atoms with Crippen molar-refractivity contribution in [3.8, 4) is 0 Å². The lowest BCUT2D eigenvalue weighted by Crippen LogP contribution is -2.26. The van der Waals surface area contributed by atoms with Gasteiger partial charge in [0.2, 0.25) is 0 Å². The Morgan fingerprint density at radius 1 is 0.963 bits per heavy atom. The fourth-order valence-corrected chi connectivity index (χ4v) is 2.86. The summed E-state index contributed by atoms with van der Waals surface area (Å²) in [7, 11) is 0. The topological polar surface area (TPSA) is 67.4 Å². The first-order valence-electron chi connectivity index (χ1n) is 8.90. The van der Waals surface area contributed by atoms with E-state index in [-0.39, 0.29) is 18.6 Å². The van der Waals surface area contributed by atoms with Crippen molar-refractivity contribution in [1.82, 2.24) is 5.32 Å². The lowest BCUT2D eigenvalue weighted by molar-refractivity contribution is 0.0939. The van der Waals surface area contributed by atoms with Crippen molar-refractivity contribution in [1.29, 1.82) is 0 Å². The number of hydrogen-bond acceptors (Lipinski definition) is 3. The second kappa shape index (κ2) is 8.36. The Bertz CT molecular complexity index is 968. The fraction of sp³-hybridized carbons (Fsp3) is 0.182. The third-order valence-electron chi connectivity index (χ3n) is 4.27. The maximum Gasteiger partial charge on any atom is 0.411 e. The van der Waals surface area contributed by atoms with E-state index < -0.39 is 6.09 Å². The monoisotopic (exact) mass is 362 g/mol. The van der Waals surface area contributed by atoms with Gasteiger partial charge in [0.25, 0.3) is 5.91 Å². The van der Waals surface area contributed by atoms with Crippen LogP contribution in [-0.2, 0) is 4.74 Å². The van der Waals surface area contributed by atoms with E-state index in [1.54, 1.807) is 31.2 Å². The molecular formula is C22H22N2O3. The van der Waals surface area contributed by atoms with Crippen LogP contribution in [0.2, 0.25) is 0 Å². The Hall–Kier alpha value is -3.34. The van der Waals surface area contributed by atoms with Crippen LogP contribution >= 0.6 is 0 Å². The van der Waals surface area contributed by atoms with Gasteiger partial charge in [-0.2, -0.15) is 0 Å². The zero-order valence-corrected chi connectivity index (χ0v) is 15.4. The molecule has 0 aliphatic heterocycles. The molecule has 0 heterocycles. The minimum Gasteiger partial charge on any atom is -0.450 e. The number of anilines is 1. The van der Waals surface area contributed by atoms with Gasteiger partial charge in [0.05, 0.1) is 12.6 Å². The third kappa shape index (κ3) is 4.64. The molecule has 3 rings (SSSR count). The molecule has 5 nitrogen and oxygen atoms in total. The predicted octanol–water partition coefficient (Wildman–Crippen LogP) is 4.90. The van der Waals surface area contributed by atoms with Gasteiger partial charge in [-0.1, -0.05) is 42.5 Å². The standard InChI is InChI=1S/C22H22N2O3/c1-3-27-22(26)24-20-10-6-9-19(14-20)21(25)23-15(2)17-12-11-16-7-4-5-8-18(16)13-17/h4-15H,3H2,1-2H3,(H,23,25)(H,24,26). The van der Waals surface area contributed by atoms with E-state index in [0.29, 0.717) is 11.3 Å². The zero-order chi connectivity index (χ0) is 19.2. The molecule has 0 saturated heterocycles. The molecule has 0 radical (unpaired) electrons. The quantitative estimate of drug-likeness (QED) is 0.678. The van der Waals surface area contributed by atoms with Crippen molar-refractivity contribution < 1.29 is 14.3 Å². The normalized spacial score (nSPS) is 11.6. The fourth-order valence-electron chi connectivity index (χ4n) is 2.86. The average molecular weight is 362 g/mol. The summed E-state index contributed by atoms with van der Waals surface area (Å²) in [6.07, 6.45) is -0.542. The molecule has 138 valence electrons. The van der Waals surface area contributed by atoms with E-state index in [2.05, 4.69) is 34.9 Å². The van der Waals surface area contributed by atoms with E-state index in [0.717, 1.165) is 16.3 Å². The lowest BCUT2D eigenvalue weighted by Gasteiger charge is -2.15. The highest BCUT2D eigenvalue weighted by Gasteiger charge is 2.13. The van der Waals surface area contributed by atoms with E-state index in [4.69, 9.17) is 4.74 Å². The van der Waals surface area contributed by atoms with Crippen molar-refractivity contribution in [2.24, 2.45) is 0 Å². The highest BCUT2D eigenvalue weighted by atomic mass is 16.5. The smallest absolute Gasteiger partial charge is 0.411 e. The molecule has 0 aliphatic rings. The number of benzene rings is 3. The molecule has 0 saturated carbocycles. The molecule has 5 heteroatoms. The molecule has 0 spiro atoms. The second-order valence-electron chi connectivity index (χ2n) is 6.23. The number of carbonyl (C=O) groups is 2. The first-order valence-corrected chi connectivity index (χ1v) is 8.90. The Morgan fingerprint density at radius 2 is 1.74 bits per heavy atom. The lowest BCUT2D eigenvalue weighted by atomic mass is 10.0. The van der Waals surface area contributed by atoms with E-state index in [1.165, 1.54) is 0 Å². The number of ether oxygens (including phenoxy) is 1. The largest absolute Gasteiger partial charge is 0.450 e. The minimum atomic E-state index is -0.542. The zero-order valence-electron chi connectivity index (χ0n) is 15.4. The highest BCUT2D eigenvalue weighted by molar-refractivity contribution is 5.96. The van der Waals surface area contributed by atoms with Crippen LogP contribution in [0.4, 0.5) is 10.5 Å². The van der Waals surface area contributed by atoms with Crippen LogP contribution in [-0.4, -0.2) is 18.6 Å². The summed E-state index contributed by atoms with van der Waals surface area (Å²) in [4.78, 5) is 24.1. The Balaban J connectivity index is 1.71. The van der Waals surface area contributed by atoms with Crippen LogP contribution in [0.25, 0.3) is 10.8 Å². The molecule has 1 atom stereocenters. The van der Waals surface area contributed by atoms with Crippen molar-refractivity contribution in [3.63, 3.8) is 0 Å². The van der Waals surface area contributed by atoms with Gasteiger partial charge in [0.15, 0.2) is 0 Å². The summed E-state index contributed by atoms with van der Waals surface area (Å²) in [5.74, 6) is -0.205. The van der Waals surface area contributed by atoms with Gasteiger partial charge in [0, 0.05) is 11.3 Å². The average Bonchev–Trinajstić information content (AvgIpc) is 2.68. The van der Waals surface area contributed by atoms with E-state index in [1.807, 2.05) is 25.1 Å². The molecule has 0 fully saturated rings. The first kappa shape index (κ1) is 18.5.